The first-order valence-electron chi connectivity index (χ1n) is 12.9. The van der Waals surface area contributed by atoms with Crippen LogP contribution in [0.3, 0.4) is 0 Å². The SMILES string of the molecule is CCC[C@H](c1nnnn1C(C)(C)CC)N(Cc1ccc(C)cc1)Cc1cc2cc(C)ccc2[nH]c1=O. The monoisotopic (exact) mass is 486 g/mol. The summed E-state index contributed by atoms with van der Waals surface area (Å²) in [6, 6.07) is 16.7. The minimum Gasteiger partial charge on any atom is -0.322 e. The van der Waals surface area contributed by atoms with Crippen LogP contribution in [0, 0.1) is 13.8 Å². The molecule has 190 valence electrons. The van der Waals surface area contributed by atoms with Crippen LogP contribution < -0.4 is 5.56 Å². The van der Waals surface area contributed by atoms with Crippen molar-refractivity contribution in [2.45, 2.75) is 85.5 Å². The minimum absolute atomic E-state index is 0.0373. The van der Waals surface area contributed by atoms with Gasteiger partial charge < -0.3 is 4.98 Å². The van der Waals surface area contributed by atoms with Crippen molar-refractivity contribution in [3.8, 4) is 0 Å². The Kier molecular flexibility index (Phi) is 7.69. The highest BCUT2D eigenvalue weighted by Gasteiger charge is 2.31. The molecule has 4 aromatic rings. The van der Waals surface area contributed by atoms with Crippen molar-refractivity contribution in [1.82, 2.24) is 30.1 Å². The molecule has 7 heteroatoms. The van der Waals surface area contributed by atoms with Crippen molar-refractivity contribution in [2.24, 2.45) is 0 Å². The highest BCUT2D eigenvalue weighted by atomic mass is 16.1. The van der Waals surface area contributed by atoms with Gasteiger partial charge in [-0.05, 0) is 80.1 Å². The van der Waals surface area contributed by atoms with E-state index in [-0.39, 0.29) is 17.1 Å². The van der Waals surface area contributed by atoms with Gasteiger partial charge in [0.15, 0.2) is 5.82 Å². The van der Waals surface area contributed by atoms with Gasteiger partial charge in [-0.25, -0.2) is 4.68 Å². The zero-order valence-electron chi connectivity index (χ0n) is 22.4. The molecule has 0 amide bonds. The second kappa shape index (κ2) is 10.7. The average molecular weight is 487 g/mol. The van der Waals surface area contributed by atoms with Gasteiger partial charge in [0, 0.05) is 24.2 Å². The third-order valence-electron chi connectivity index (χ3n) is 7.19. The quantitative estimate of drug-likeness (QED) is 0.305. The number of tetrazole rings is 1. The molecule has 2 aromatic carbocycles. The van der Waals surface area contributed by atoms with Crippen LogP contribution in [0.25, 0.3) is 10.9 Å². The summed E-state index contributed by atoms with van der Waals surface area (Å²) < 4.78 is 1.98. The second-order valence-electron chi connectivity index (χ2n) is 10.5. The van der Waals surface area contributed by atoms with Gasteiger partial charge in [-0.15, -0.1) is 5.10 Å². The Hall–Kier alpha value is -3.32. The van der Waals surface area contributed by atoms with Gasteiger partial charge in [0.2, 0.25) is 0 Å². The van der Waals surface area contributed by atoms with Crippen LogP contribution in [0.1, 0.15) is 81.1 Å². The van der Waals surface area contributed by atoms with E-state index >= 15 is 0 Å². The van der Waals surface area contributed by atoms with Crippen LogP contribution in [0.15, 0.2) is 53.3 Å². The van der Waals surface area contributed by atoms with Crippen molar-refractivity contribution in [2.75, 3.05) is 0 Å². The summed E-state index contributed by atoms with van der Waals surface area (Å²) in [6.45, 7) is 14.0. The van der Waals surface area contributed by atoms with Crippen molar-refractivity contribution >= 4 is 10.9 Å². The topological polar surface area (TPSA) is 79.7 Å². The first kappa shape index (κ1) is 25.8. The van der Waals surface area contributed by atoms with E-state index in [0.29, 0.717) is 13.1 Å². The van der Waals surface area contributed by atoms with Crippen LogP contribution in [-0.4, -0.2) is 30.1 Å². The Bertz CT molecular complexity index is 1370. The summed E-state index contributed by atoms with van der Waals surface area (Å²) in [5.41, 5.74) is 4.94. The number of aromatic nitrogens is 5. The summed E-state index contributed by atoms with van der Waals surface area (Å²) in [4.78, 5) is 18.6. The van der Waals surface area contributed by atoms with E-state index in [2.05, 4.69) is 97.3 Å². The first-order chi connectivity index (χ1) is 17.2. The molecule has 0 unspecified atom stereocenters. The highest BCUT2D eigenvalue weighted by Crippen LogP contribution is 2.31. The van der Waals surface area contributed by atoms with Gasteiger partial charge in [0.05, 0.1) is 11.6 Å². The molecule has 0 aliphatic heterocycles. The number of aromatic amines is 1. The van der Waals surface area contributed by atoms with E-state index in [1.165, 1.54) is 16.7 Å². The number of nitrogens with one attached hydrogen (secondary N) is 1. The van der Waals surface area contributed by atoms with E-state index < -0.39 is 0 Å². The molecule has 0 fully saturated rings. The highest BCUT2D eigenvalue weighted by molar-refractivity contribution is 5.79. The third kappa shape index (κ3) is 5.57. The Morgan fingerprint density at radius 3 is 2.42 bits per heavy atom. The molecule has 0 radical (unpaired) electrons. The maximum atomic E-state index is 13.2. The van der Waals surface area contributed by atoms with Crippen LogP contribution in [0.5, 0.6) is 0 Å². The summed E-state index contributed by atoms with van der Waals surface area (Å²) in [5, 5.41) is 14.1. The van der Waals surface area contributed by atoms with Gasteiger partial charge in [-0.1, -0.05) is 61.7 Å². The molecule has 2 aromatic heterocycles. The number of aryl methyl sites for hydroxylation is 2. The molecular formula is C29H38N6O. The van der Waals surface area contributed by atoms with Gasteiger partial charge in [0.25, 0.3) is 5.56 Å². The zero-order valence-corrected chi connectivity index (χ0v) is 22.4. The molecule has 0 bridgehead atoms. The smallest absolute Gasteiger partial charge is 0.252 e. The molecule has 1 N–H and O–H groups in total. The summed E-state index contributed by atoms with van der Waals surface area (Å²) in [6.07, 6.45) is 2.77. The lowest BCUT2D eigenvalue weighted by molar-refractivity contribution is 0.145. The van der Waals surface area contributed by atoms with E-state index in [1.54, 1.807) is 0 Å². The molecule has 4 rings (SSSR count). The number of H-pyrrole nitrogens is 1. The first-order valence-corrected chi connectivity index (χ1v) is 12.9. The number of hydrogen-bond donors (Lipinski definition) is 1. The lowest BCUT2D eigenvalue weighted by atomic mass is 10.00. The Balaban J connectivity index is 1.80. The zero-order chi connectivity index (χ0) is 25.9. The fraction of sp³-hybridized carbons (Fsp3) is 0.448. The van der Waals surface area contributed by atoms with Gasteiger partial charge in [-0.2, -0.15) is 0 Å². The van der Waals surface area contributed by atoms with Gasteiger partial charge in [0.1, 0.15) is 0 Å². The molecule has 0 aliphatic carbocycles. The number of hydrogen-bond acceptors (Lipinski definition) is 5. The molecule has 1 atom stereocenters. The van der Waals surface area contributed by atoms with E-state index in [9.17, 15) is 4.79 Å². The molecule has 7 nitrogen and oxygen atoms in total. The molecule has 0 aliphatic rings. The number of rotatable bonds is 10. The fourth-order valence-electron chi connectivity index (χ4n) is 4.64. The predicted molar refractivity (Wildman–Crippen MR) is 145 cm³/mol. The number of nitrogens with zero attached hydrogens (tertiary/aromatic N) is 5. The maximum absolute atomic E-state index is 13.2. The second-order valence-corrected chi connectivity index (χ2v) is 10.5. The Morgan fingerprint density at radius 1 is 1.00 bits per heavy atom. The van der Waals surface area contributed by atoms with Crippen molar-refractivity contribution in [3.63, 3.8) is 0 Å². The summed E-state index contributed by atoms with van der Waals surface area (Å²) in [5.74, 6) is 0.851. The molecule has 2 heterocycles. The third-order valence-corrected chi connectivity index (χ3v) is 7.19. The van der Waals surface area contributed by atoms with E-state index in [4.69, 9.17) is 0 Å². The number of fused-ring (bicyclic) bond motifs is 1. The predicted octanol–water partition coefficient (Wildman–Crippen LogP) is 5.82. The van der Waals surface area contributed by atoms with Crippen LogP contribution >= 0.6 is 0 Å². The number of pyridine rings is 1. The normalized spacial score (nSPS) is 13.0. The maximum Gasteiger partial charge on any atom is 0.252 e. The van der Waals surface area contributed by atoms with Crippen molar-refractivity contribution in [1.29, 1.82) is 0 Å². The van der Waals surface area contributed by atoms with Crippen LogP contribution in [-0.2, 0) is 18.6 Å². The largest absolute Gasteiger partial charge is 0.322 e. The van der Waals surface area contributed by atoms with Crippen molar-refractivity contribution < 1.29 is 0 Å². The van der Waals surface area contributed by atoms with Gasteiger partial charge >= 0.3 is 0 Å². The molecular weight excluding hydrogens is 448 g/mol. The van der Waals surface area contributed by atoms with Crippen LogP contribution in [0.2, 0.25) is 0 Å². The average Bonchev–Trinajstić information content (AvgIpc) is 3.35. The molecule has 36 heavy (non-hydrogen) atoms. The van der Waals surface area contributed by atoms with Crippen molar-refractivity contribution in [3.05, 3.63) is 87.0 Å². The van der Waals surface area contributed by atoms with Gasteiger partial charge in [-0.3, -0.25) is 9.69 Å². The lowest BCUT2D eigenvalue weighted by Gasteiger charge is -2.33. The summed E-state index contributed by atoms with van der Waals surface area (Å²) >= 11 is 0. The Labute approximate surface area is 213 Å². The summed E-state index contributed by atoms with van der Waals surface area (Å²) in [7, 11) is 0. The van der Waals surface area contributed by atoms with E-state index in [0.717, 1.165) is 41.6 Å². The number of benzene rings is 2. The molecule has 0 saturated heterocycles. The van der Waals surface area contributed by atoms with Crippen LogP contribution in [0.4, 0.5) is 0 Å². The Morgan fingerprint density at radius 2 is 1.72 bits per heavy atom. The fourth-order valence-corrected chi connectivity index (χ4v) is 4.64. The minimum atomic E-state index is -0.210. The standard InChI is InChI=1S/C29H38N6O/c1-7-9-26(27-31-32-33-35(27)29(5,6)8-2)34(18-22-13-10-20(3)11-14-22)19-24-17-23-16-21(4)12-15-25(23)30-28(24)36/h10-17,26H,7-9,18-19H2,1-6H3,(H,30,36)/t26-/m1/s1. The lowest BCUT2D eigenvalue weighted by Crippen LogP contribution is -2.36. The molecule has 0 spiro atoms. The van der Waals surface area contributed by atoms with E-state index in [1.807, 2.05) is 22.9 Å². The molecule has 0 saturated carbocycles.